The fraction of sp³-hybridized carbons (Fsp3) is 0.636. The molecule has 0 spiro atoms. The molecule has 0 aliphatic rings. The summed E-state index contributed by atoms with van der Waals surface area (Å²) >= 11 is 0. The normalized spacial score (nSPS) is 12.9. The zero-order valence-corrected chi connectivity index (χ0v) is 11.1. The summed E-state index contributed by atoms with van der Waals surface area (Å²) in [4.78, 5) is 44.1. The van der Waals surface area contributed by atoms with Crippen molar-refractivity contribution < 1.29 is 43.6 Å². The highest BCUT2D eigenvalue weighted by molar-refractivity contribution is 5.89. The summed E-state index contributed by atoms with van der Waals surface area (Å²) in [5.74, 6) is -4.76. The predicted molar refractivity (Wildman–Crippen MR) is 61.4 cm³/mol. The predicted octanol–water partition coefficient (Wildman–Crippen LogP) is -1.14. The van der Waals surface area contributed by atoms with Crippen LogP contribution in [0.4, 0.5) is 0 Å². The number of ether oxygens (including phenoxy) is 3. The third-order valence-corrected chi connectivity index (χ3v) is 2.16. The van der Waals surface area contributed by atoms with E-state index in [2.05, 4.69) is 14.2 Å². The third kappa shape index (κ3) is 6.14. The molecule has 0 aliphatic heterocycles. The van der Waals surface area contributed by atoms with Crippen molar-refractivity contribution in [3.8, 4) is 0 Å². The van der Waals surface area contributed by atoms with Gasteiger partial charge in [-0.15, -0.1) is 0 Å². The molecule has 1 atom stereocenters. The number of carbonyl (C=O) groups excluding carboxylic acids is 3. The van der Waals surface area contributed by atoms with Gasteiger partial charge in [0.2, 0.25) is 0 Å². The van der Waals surface area contributed by atoms with Crippen molar-refractivity contribution in [2.45, 2.75) is 25.4 Å². The van der Waals surface area contributed by atoms with Crippen LogP contribution >= 0.6 is 0 Å². The van der Waals surface area contributed by atoms with Gasteiger partial charge in [-0.25, -0.2) is 9.59 Å². The number of carboxylic acid groups (broad SMARTS) is 1. The van der Waals surface area contributed by atoms with E-state index in [0.717, 1.165) is 7.11 Å². The van der Waals surface area contributed by atoms with Gasteiger partial charge in [0.1, 0.15) is 0 Å². The molecule has 114 valence electrons. The molecular formula is C11H16O9. The number of esters is 3. The van der Waals surface area contributed by atoms with Crippen LogP contribution < -0.4 is 0 Å². The van der Waals surface area contributed by atoms with E-state index in [0.29, 0.717) is 0 Å². The summed E-state index contributed by atoms with van der Waals surface area (Å²) in [7, 11) is 1.00. The van der Waals surface area contributed by atoms with E-state index in [1.807, 2.05) is 0 Å². The van der Waals surface area contributed by atoms with Crippen molar-refractivity contribution in [2.24, 2.45) is 0 Å². The monoisotopic (exact) mass is 292 g/mol. The number of aliphatic hydroxyl groups is 1. The zero-order valence-electron chi connectivity index (χ0n) is 11.1. The van der Waals surface area contributed by atoms with Gasteiger partial charge in [0.15, 0.2) is 12.2 Å². The van der Waals surface area contributed by atoms with Crippen LogP contribution in [-0.2, 0) is 33.4 Å². The molecule has 1 unspecified atom stereocenters. The van der Waals surface area contributed by atoms with Gasteiger partial charge in [-0.2, -0.15) is 0 Å². The SMILES string of the molecule is CCOC(=O)COC(=O)CC(O)(CC(=O)OC)C(=O)O. The molecule has 0 aromatic rings. The summed E-state index contributed by atoms with van der Waals surface area (Å²) in [5.41, 5.74) is -2.65. The minimum absolute atomic E-state index is 0.0950. The summed E-state index contributed by atoms with van der Waals surface area (Å²) in [5, 5.41) is 18.5. The molecular weight excluding hydrogens is 276 g/mol. The van der Waals surface area contributed by atoms with Crippen LogP contribution in [0.15, 0.2) is 0 Å². The van der Waals surface area contributed by atoms with E-state index in [1.165, 1.54) is 0 Å². The Balaban J connectivity index is 4.52. The van der Waals surface area contributed by atoms with Crippen molar-refractivity contribution in [1.82, 2.24) is 0 Å². The Hall–Kier alpha value is -2.16. The van der Waals surface area contributed by atoms with E-state index in [-0.39, 0.29) is 6.61 Å². The fourth-order valence-corrected chi connectivity index (χ4v) is 1.16. The summed E-state index contributed by atoms with van der Waals surface area (Å²) in [6, 6.07) is 0. The number of methoxy groups -OCH3 is 1. The van der Waals surface area contributed by atoms with Crippen molar-refractivity contribution >= 4 is 23.9 Å². The largest absolute Gasteiger partial charge is 0.479 e. The second-order valence-corrected chi connectivity index (χ2v) is 3.73. The van der Waals surface area contributed by atoms with Gasteiger partial charge in [0.25, 0.3) is 0 Å². The van der Waals surface area contributed by atoms with Gasteiger partial charge in [-0.05, 0) is 6.92 Å². The van der Waals surface area contributed by atoms with Crippen LogP contribution in [0, 0.1) is 0 Å². The molecule has 9 nitrogen and oxygen atoms in total. The lowest BCUT2D eigenvalue weighted by Crippen LogP contribution is -2.43. The highest BCUT2D eigenvalue weighted by Crippen LogP contribution is 2.17. The molecule has 0 rings (SSSR count). The standard InChI is InChI=1S/C11H16O9/c1-3-19-9(14)6-20-8(13)5-11(17,10(15)16)4-7(12)18-2/h17H,3-6H2,1-2H3,(H,15,16). The Bertz CT molecular complexity index is 389. The van der Waals surface area contributed by atoms with Crippen LogP contribution in [-0.4, -0.2) is 60.0 Å². The molecule has 0 bridgehead atoms. The average molecular weight is 292 g/mol. The van der Waals surface area contributed by atoms with Crippen LogP contribution in [0.3, 0.4) is 0 Å². The molecule has 0 amide bonds. The lowest BCUT2D eigenvalue weighted by atomic mass is 9.96. The summed E-state index contributed by atoms with van der Waals surface area (Å²) < 4.78 is 13.1. The van der Waals surface area contributed by atoms with Crippen molar-refractivity contribution in [3.05, 3.63) is 0 Å². The highest BCUT2D eigenvalue weighted by atomic mass is 16.6. The molecule has 0 saturated heterocycles. The van der Waals surface area contributed by atoms with Gasteiger partial charge >= 0.3 is 23.9 Å². The van der Waals surface area contributed by atoms with Gasteiger partial charge in [-0.3, -0.25) is 9.59 Å². The first-order valence-electron chi connectivity index (χ1n) is 5.59. The molecule has 0 aromatic heterocycles. The van der Waals surface area contributed by atoms with Gasteiger partial charge in [-0.1, -0.05) is 0 Å². The maximum atomic E-state index is 11.3. The van der Waals surface area contributed by atoms with E-state index in [9.17, 15) is 24.3 Å². The molecule has 0 saturated carbocycles. The Kier molecular flexibility index (Phi) is 7.22. The van der Waals surface area contributed by atoms with Crippen LogP contribution in [0.2, 0.25) is 0 Å². The van der Waals surface area contributed by atoms with Crippen LogP contribution in [0.5, 0.6) is 0 Å². The molecule has 0 fully saturated rings. The van der Waals surface area contributed by atoms with E-state index >= 15 is 0 Å². The second-order valence-electron chi connectivity index (χ2n) is 3.73. The lowest BCUT2D eigenvalue weighted by molar-refractivity contribution is -0.174. The molecule has 9 heteroatoms. The highest BCUT2D eigenvalue weighted by Gasteiger charge is 2.41. The number of carbonyl (C=O) groups is 4. The van der Waals surface area contributed by atoms with Gasteiger partial charge < -0.3 is 24.4 Å². The van der Waals surface area contributed by atoms with Crippen LogP contribution in [0.25, 0.3) is 0 Å². The first-order valence-corrected chi connectivity index (χ1v) is 5.59. The molecule has 0 heterocycles. The maximum Gasteiger partial charge on any atom is 0.344 e. The summed E-state index contributed by atoms with van der Waals surface area (Å²) in [6.07, 6.45) is -1.93. The van der Waals surface area contributed by atoms with Gasteiger partial charge in [0, 0.05) is 0 Å². The van der Waals surface area contributed by atoms with Crippen molar-refractivity contribution in [2.75, 3.05) is 20.3 Å². The number of hydrogen-bond donors (Lipinski definition) is 2. The van der Waals surface area contributed by atoms with Gasteiger partial charge in [0.05, 0.1) is 26.6 Å². The minimum Gasteiger partial charge on any atom is -0.479 e. The number of aliphatic carboxylic acids is 1. The zero-order chi connectivity index (χ0) is 15.8. The summed E-state index contributed by atoms with van der Waals surface area (Å²) in [6.45, 7) is 0.942. The smallest absolute Gasteiger partial charge is 0.344 e. The first kappa shape index (κ1) is 17.8. The molecule has 0 radical (unpaired) electrons. The minimum atomic E-state index is -2.65. The Morgan fingerprint density at radius 1 is 1.00 bits per heavy atom. The average Bonchev–Trinajstić information content (AvgIpc) is 2.36. The van der Waals surface area contributed by atoms with E-state index in [4.69, 9.17) is 5.11 Å². The number of carboxylic acids is 1. The molecule has 20 heavy (non-hydrogen) atoms. The Morgan fingerprint density at radius 2 is 1.55 bits per heavy atom. The van der Waals surface area contributed by atoms with Crippen molar-refractivity contribution in [1.29, 1.82) is 0 Å². The second kappa shape index (κ2) is 8.10. The maximum absolute atomic E-state index is 11.3. The Labute approximate surface area is 114 Å². The molecule has 0 aliphatic carbocycles. The quantitative estimate of drug-likeness (QED) is 0.420. The first-order chi connectivity index (χ1) is 9.25. The lowest BCUT2D eigenvalue weighted by Gasteiger charge is -2.20. The third-order valence-electron chi connectivity index (χ3n) is 2.16. The number of rotatable bonds is 8. The van der Waals surface area contributed by atoms with E-state index < -0.39 is 48.9 Å². The number of hydrogen-bond acceptors (Lipinski definition) is 8. The Morgan fingerprint density at radius 3 is 2.00 bits per heavy atom. The van der Waals surface area contributed by atoms with E-state index in [1.54, 1.807) is 6.92 Å². The fourth-order valence-electron chi connectivity index (χ4n) is 1.16. The topological polar surface area (TPSA) is 136 Å². The molecule has 2 N–H and O–H groups in total. The van der Waals surface area contributed by atoms with Crippen molar-refractivity contribution in [3.63, 3.8) is 0 Å². The molecule has 0 aromatic carbocycles. The van der Waals surface area contributed by atoms with Crippen LogP contribution in [0.1, 0.15) is 19.8 Å².